The normalized spacial score (nSPS) is 12.1. The molecule has 0 saturated carbocycles. The van der Waals surface area contributed by atoms with Gasteiger partial charge >= 0.3 is 161 Å². The summed E-state index contributed by atoms with van der Waals surface area (Å²) >= 11 is 4.17. The molecule has 0 heterocycles. The Labute approximate surface area is 158 Å². The average molecular weight is 534 g/mol. The van der Waals surface area contributed by atoms with Gasteiger partial charge in [-0.3, -0.25) is 0 Å². The van der Waals surface area contributed by atoms with Crippen LogP contribution in [0, 0.1) is 73.3 Å². The van der Waals surface area contributed by atoms with Gasteiger partial charge in [-0.1, -0.05) is 0 Å². The molecule has 1 aromatic carbocycles. The monoisotopic (exact) mass is 534 g/mol. The van der Waals surface area contributed by atoms with Crippen molar-refractivity contribution in [3.8, 4) is 5.75 Å². The van der Waals surface area contributed by atoms with E-state index in [2.05, 4.69) is 50.1 Å². The fourth-order valence-electron chi connectivity index (χ4n) is 1.56. The number of rotatable bonds is 6. The summed E-state index contributed by atoms with van der Waals surface area (Å²) in [6.07, 6.45) is 4.44. The van der Waals surface area contributed by atoms with E-state index < -0.39 is 5.97 Å². The molecule has 1 rings (SSSR count). The summed E-state index contributed by atoms with van der Waals surface area (Å²) in [4.78, 5) is 11.3. The summed E-state index contributed by atoms with van der Waals surface area (Å²) in [6.45, 7) is 5.64. The van der Waals surface area contributed by atoms with Crippen molar-refractivity contribution < 1.29 is 82.8 Å². The Morgan fingerprint density at radius 2 is 2.28 bits per heavy atom. The third-order valence-corrected chi connectivity index (χ3v) is 3.89. The molecule has 0 bridgehead atoms. The van der Waals surface area contributed by atoms with Crippen LogP contribution >= 0.6 is 0 Å². The van der Waals surface area contributed by atoms with Crippen LogP contribution in [0.2, 0.25) is 1.89 Å². The molecule has 0 amide bonds. The van der Waals surface area contributed by atoms with Gasteiger partial charge < -0.3 is 0 Å². The van der Waals surface area contributed by atoms with Crippen molar-refractivity contribution in [1.29, 1.82) is 0 Å². The van der Waals surface area contributed by atoms with Crippen molar-refractivity contribution >= 4 is 7.50 Å². The van der Waals surface area contributed by atoms with Crippen LogP contribution in [-0.2, 0) is 11.2 Å². The second kappa shape index (κ2) is 9.03. The summed E-state index contributed by atoms with van der Waals surface area (Å²) in [5, 5.41) is 0. The van der Waals surface area contributed by atoms with Crippen LogP contribution in [0.15, 0.2) is 30.9 Å². The van der Waals surface area contributed by atoms with Gasteiger partial charge in [0.25, 0.3) is 0 Å². The van der Waals surface area contributed by atoms with Crippen LogP contribution in [0.3, 0.4) is 0 Å². The Kier molecular flexibility index (Phi) is 8.56. The molecule has 0 saturated heterocycles. The number of benzene rings is 1. The van der Waals surface area contributed by atoms with Crippen LogP contribution < -0.4 is 6.27 Å². The van der Waals surface area contributed by atoms with Crippen molar-refractivity contribution in [3.63, 3.8) is 0 Å². The van der Waals surface area contributed by atoms with Gasteiger partial charge in [-0.15, -0.1) is 0 Å². The Bertz CT molecular complexity index is 428. The molecular formula is C14H16O2Tb2. The number of carbonyl (C=O) groups is 1. The first-order valence-corrected chi connectivity index (χ1v) is 8.06. The third-order valence-electron chi connectivity index (χ3n) is 2.44. The van der Waals surface area contributed by atoms with Gasteiger partial charge in [-0.25, -0.2) is 0 Å². The second-order valence-corrected chi connectivity index (χ2v) is 7.22. The SMILES string of the molecule is C=CC(=O)Oc1[c]([Tb])cccc1CCC[CH](C)[Tb]. The molecule has 0 aliphatic heterocycles. The van der Waals surface area contributed by atoms with Crippen molar-refractivity contribution in [1.82, 2.24) is 0 Å². The van der Waals surface area contributed by atoms with Crippen molar-refractivity contribution in [3.05, 3.63) is 36.4 Å². The summed E-state index contributed by atoms with van der Waals surface area (Å²) in [5.74, 6) is 0.306. The van der Waals surface area contributed by atoms with Gasteiger partial charge in [0.1, 0.15) is 0 Å². The van der Waals surface area contributed by atoms with E-state index in [0.29, 0.717) is 7.64 Å². The molecular weight excluding hydrogens is 518 g/mol. The minimum atomic E-state index is -0.394. The fraction of sp³-hybridized carbons (Fsp3) is 0.357. The molecule has 0 radical (unpaired) electrons. The number of ether oxygens (including phenoxy) is 1. The number of carbonyl (C=O) groups excluding carboxylic acids is 1. The number of esters is 1. The number of para-hydroxylation sites is 1. The van der Waals surface area contributed by atoms with E-state index in [1.165, 1.54) is 12.5 Å². The summed E-state index contributed by atoms with van der Waals surface area (Å²) in [5.41, 5.74) is 1.10. The van der Waals surface area contributed by atoms with Gasteiger partial charge in [0.05, 0.1) is 0 Å². The Morgan fingerprint density at radius 1 is 1.56 bits per heavy atom. The molecule has 2 nitrogen and oxygen atoms in total. The van der Waals surface area contributed by atoms with Crippen LogP contribution in [-0.4, -0.2) is 5.97 Å². The molecule has 0 spiro atoms. The first-order valence-electron chi connectivity index (χ1n) is 5.75. The molecule has 1 atom stereocenters. The standard InChI is InChI=1S/C14H16O2.2Tb/c1-3-5-6-9-12-10-7-8-11-13(12)16-14(15)4-2;;/h3-4,7-8,10H,2,5-6,9H2,1H3;;. The molecule has 4 heteroatoms. The first-order chi connectivity index (χ1) is 8.54. The van der Waals surface area contributed by atoms with Gasteiger partial charge in [-0.2, -0.15) is 0 Å². The number of aryl methyl sites for hydroxylation is 1. The second-order valence-electron chi connectivity index (χ2n) is 3.96. The Morgan fingerprint density at radius 3 is 2.89 bits per heavy atom. The van der Waals surface area contributed by atoms with Crippen LogP contribution in [0.1, 0.15) is 25.3 Å². The zero-order valence-corrected chi connectivity index (χ0v) is 14.5. The fourth-order valence-corrected chi connectivity index (χ4v) is 2.65. The summed E-state index contributed by atoms with van der Waals surface area (Å²) in [7, 11) is 0. The van der Waals surface area contributed by atoms with E-state index in [4.69, 9.17) is 4.74 Å². The topological polar surface area (TPSA) is 26.3 Å². The number of hydrogen-bond acceptors (Lipinski definition) is 2. The third kappa shape index (κ3) is 5.97. The molecule has 0 aliphatic carbocycles. The Hall–Kier alpha value is 1.00. The summed E-state index contributed by atoms with van der Waals surface area (Å²) < 4.78 is 7.02. The van der Waals surface area contributed by atoms with Crippen LogP contribution in [0.25, 0.3) is 0 Å². The Balaban J connectivity index is 2.79. The van der Waals surface area contributed by atoms with E-state index >= 15 is 0 Å². The van der Waals surface area contributed by atoms with Crippen molar-refractivity contribution in [2.24, 2.45) is 0 Å². The van der Waals surface area contributed by atoms with E-state index in [1.54, 1.807) is 0 Å². The maximum absolute atomic E-state index is 11.3. The zero-order chi connectivity index (χ0) is 13.5. The molecule has 1 aromatic rings. The average Bonchev–Trinajstić information content (AvgIpc) is 2.32. The van der Waals surface area contributed by atoms with E-state index in [9.17, 15) is 4.79 Å². The molecule has 102 valence electrons. The van der Waals surface area contributed by atoms with E-state index in [0.717, 1.165) is 19.9 Å². The number of hydrogen-bond donors (Lipinski definition) is 0. The van der Waals surface area contributed by atoms with Crippen molar-refractivity contribution in [2.45, 2.75) is 28.1 Å². The molecule has 0 fully saturated rings. The first kappa shape index (κ1) is 17.1. The zero-order valence-electron chi connectivity index (χ0n) is 10.2. The van der Waals surface area contributed by atoms with Crippen LogP contribution in [0.4, 0.5) is 0 Å². The predicted molar refractivity (Wildman–Crippen MR) is 64.3 cm³/mol. The molecule has 18 heavy (non-hydrogen) atoms. The van der Waals surface area contributed by atoms with Gasteiger partial charge in [0.15, 0.2) is 0 Å². The minimum absolute atomic E-state index is 0.394. The molecule has 1 unspecified atom stereocenters. The maximum atomic E-state index is 11.3. The summed E-state index contributed by atoms with van der Waals surface area (Å²) in [6, 6.07) is 5.99. The quantitative estimate of drug-likeness (QED) is 0.319. The predicted octanol–water partition coefficient (Wildman–Crippen LogP) is 2.63. The van der Waals surface area contributed by atoms with Gasteiger partial charge in [0.2, 0.25) is 0 Å². The van der Waals surface area contributed by atoms with Gasteiger partial charge in [0, 0.05) is 0 Å². The van der Waals surface area contributed by atoms with Gasteiger partial charge in [-0.05, 0) is 0 Å². The molecule has 0 aliphatic rings. The molecule has 0 aromatic heterocycles. The molecule has 0 N–H and O–H groups in total. The van der Waals surface area contributed by atoms with E-state index in [1.807, 2.05) is 54.8 Å². The van der Waals surface area contributed by atoms with Crippen LogP contribution in [0.5, 0.6) is 5.75 Å². The van der Waals surface area contributed by atoms with E-state index in [-0.39, 0.29) is 0 Å². The van der Waals surface area contributed by atoms with Crippen molar-refractivity contribution in [2.75, 3.05) is 0 Å².